The van der Waals surface area contributed by atoms with Crippen molar-refractivity contribution in [3.63, 3.8) is 0 Å². The molecule has 1 aromatic rings. The molecule has 0 bridgehead atoms. The van der Waals surface area contributed by atoms with Gasteiger partial charge in [-0.3, -0.25) is 4.79 Å². The number of rotatable bonds is 4. The van der Waals surface area contributed by atoms with E-state index in [1.165, 1.54) is 5.01 Å². The van der Waals surface area contributed by atoms with Crippen LogP contribution in [0.1, 0.15) is 31.7 Å². The molecule has 1 aromatic carbocycles. The third kappa shape index (κ3) is 2.96. The molecule has 1 amide bonds. The Morgan fingerprint density at radius 3 is 2.62 bits per heavy atom. The number of carbonyl (C=O) groups is 1. The van der Waals surface area contributed by atoms with Crippen molar-refractivity contribution in [2.24, 2.45) is 11.0 Å². The highest BCUT2D eigenvalue weighted by atomic mass is 19.3. The van der Waals surface area contributed by atoms with E-state index in [-0.39, 0.29) is 37.1 Å². The molecule has 0 radical (unpaired) electrons. The lowest BCUT2D eigenvalue weighted by Gasteiger charge is -2.34. The fourth-order valence-corrected chi connectivity index (χ4v) is 2.97. The van der Waals surface area contributed by atoms with Crippen molar-refractivity contribution in [3.8, 4) is 0 Å². The first kappa shape index (κ1) is 14.2. The molecule has 1 saturated carbocycles. The van der Waals surface area contributed by atoms with Gasteiger partial charge in [0.25, 0.3) is 0 Å². The highest BCUT2D eigenvalue weighted by Crippen LogP contribution is 2.44. The first-order valence-electron chi connectivity index (χ1n) is 7.26. The molecule has 2 aliphatic rings. The van der Waals surface area contributed by atoms with Crippen LogP contribution in [0.3, 0.4) is 0 Å². The zero-order valence-corrected chi connectivity index (χ0v) is 11.9. The Hall–Kier alpha value is -1.78. The maximum absolute atomic E-state index is 12.9. The molecule has 1 aliphatic heterocycles. The molecule has 1 unspecified atom stereocenters. The lowest BCUT2D eigenvalue weighted by Crippen LogP contribution is -2.39. The number of hydrogen-bond donors (Lipinski definition) is 0. The van der Waals surface area contributed by atoms with Gasteiger partial charge in [-0.15, -0.1) is 0 Å². The van der Waals surface area contributed by atoms with Crippen molar-refractivity contribution in [1.82, 2.24) is 5.01 Å². The molecule has 1 atom stereocenters. The van der Waals surface area contributed by atoms with Crippen LogP contribution in [0, 0.1) is 5.92 Å². The van der Waals surface area contributed by atoms with Crippen LogP contribution < -0.4 is 0 Å². The Bertz CT molecular complexity index is 563. The fourth-order valence-electron chi connectivity index (χ4n) is 2.97. The molecule has 1 fully saturated rings. The van der Waals surface area contributed by atoms with Gasteiger partial charge in [0.1, 0.15) is 0 Å². The zero-order valence-electron chi connectivity index (χ0n) is 11.9. The van der Waals surface area contributed by atoms with Crippen LogP contribution in [0.4, 0.5) is 8.78 Å². The van der Waals surface area contributed by atoms with Crippen molar-refractivity contribution >= 4 is 11.6 Å². The van der Waals surface area contributed by atoms with E-state index in [0.717, 1.165) is 5.56 Å². The monoisotopic (exact) mass is 292 g/mol. The number of amides is 1. The summed E-state index contributed by atoms with van der Waals surface area (Å²) in [5.74, 6) is -2.87. The molecule has 3 rings (SSSR count). The summed E-state index contributed by atoms with van der Waals surface area (Å²) < 4.78 is 25.9. The van der Waals surface area contributed by atoms with Crippen LogP contribution in [-0.2, 0) is 11.2 Å². The third-order valence-electron chi connectivity index (χ3n) is 4.18. The number of halogens is 2. The number of nitrogens with zero attached hydrogens (tertiary/aromatic N) is 2. The predicted molar refractivity (Wildman–Crippen MR) is 76.2 cm³/mol. The second-order valence-electron chi connectivity index (χ2n) is 6.01. The van der Waals surface area contributed by atoms with Gasteiger partial charge in [-0.05, 0) is 18.9 Å². The molecule has 112 valence electrons. The van der Waals surface area contributed by atoms with E-state index in [1.54, 1.807) is 0 Å². The van der Waals surface area contributed by atoms with Gasteiger partial charge in [-0.25, -0.2) is 13.8 Å². The highest BCUT2D eigenvalue weighted by Gasteiger charge is 2.49. The van der Waals surface area contributed by atoms with Crippen LogP contribution in [0.5, 0.6) is 0 Å². The van der Waals surface area contributed by atoms with Gasteiger partial charge in [0, 0.05) is 18.8 Å². The highest BCUT2D eigenvalue weighted by molar-refractivity contribution is 6.06. The summed E-state index contributed by atoms with van der Waals surface area (Å²) in [6, 6.07) is 9.82. The largest absolute Gasteiger partial charge is 0.273 e. The molecule has 0 saturated heterocycles. The van der Waals surface area contributed by atoms with Crippen LogP contribution >= 0.6 is 0 Å². The van der Waals surface area contributed by atoms with E-state index in [4.69, 9.17) is 0 Å². The predicted octanol–water partition coefficient (Wildman–Crippen LogP) is 3.25. The quantitative estimate of drug-likeness (QED) is 0.838. The number of benzene rings is 1. The summed E-state index contributed by atoms with van der Waals surface area (Å²) in [7, 11) is 0. The van der Waals surface area contributed by atoms with Crippen LogP contribution in [0.15, 0.2) is 35.4 Å². The summed E-state index contributed by atoms with van der Waals surface area (Å²) in [4.78, 5) is 12.0. The number of hydrazone groups is 1. The molecule has 0 N–H and O–H groups in total. The molecule has 1 aliphatic carbocycles. The SMILES string of the molecule is CC(Cc1ccccc1)N1N=C(C2CC(F)(F)C2)CC1=O. The maximum Gasteiger partial charge on any atom is 0.249 e. The Morgan fingerprint density at radius 2 is 2.00 bits per heavy atom. The Labute approximate surface area is 122 Å². The maximum atomic E-state index is 12.9. The van der Waals surface area contributed by atoms with Crippen LogP contribution in [-0.4, -0.2) is 28.6 Å². The number of alkyl halides is 2. The van der Waals surface area contributed by atoms with E-state index in [9.17, 15) is 13.6 Å². The van der Waals surface area contributed by atoms with Crippen LogP contribution in [0.2, 0.25) is 0 Å². The lowest BCUT2D eigenvalue weighted by atomic mass is 9.77. The summed E-state index contributed by atoms with van der Waals surface area (Å²) in [6.07, 6.45) is 0.574. The molecule has 1 heterocycles. The van der Waals surface area contributed by atoms with Crippen molar-refractivity contribution in [2.75, 3.05) is 0 Å². The van der Waals surface area contributed by atoms with Crippen LogP contribution in [0.25, 0.3) is 0 Å². The normalized spacial score (nSPS) is 22.9. The Balaban J connectivity index is 1.65. The lowest BCUT2D eigenvalue weighted by molar-refractivity contribution is -0.130. The third-order valence-corrected chi connectivity index (χ3v) is 4.18. The molecule has 0 aromatic heterocycles. The zero-order chi connectivity index (χ0) is 15.0. The summed E-state index contributed by atoms with van der Waals surface area (Å²) in [6.45, 7) is 1.94. The summed E-state index contributed by atoms with van der Waals surface area (Å²) >= 11 is 0. The van der Waals surface area contributed by atoms with Gasteiger partial charge in [0.05, 0.1) is 18.2 Å². The van der Waals surface area contributed by atoms with Gasteiger partial charge in [-0.1, -0.05) is 30.3 Å². The topological polar surface area (TPSA) is 32.7 Å². The van der Waals surface area contributed by atoms with E-state index in [1.807, 2.05) is 37.3 Å². The minimum atomic E-state index is -2.57. The molecule has 21 heavy (non-hydrogen) atoms. The number of hydrogen-bond acceptors (Lipinski definition) is 2. The Kier molecular flexibility index (Phi) is 3.51. The smallest absolute Gasteiger partial charge is 0.249 e. The van der Waals surface area contributed by atoms with E-state index < -0.39 is 5.92 Å². The minimum Gasteiger partial charge on any atom is -0.273 e. The van der Waals surface area contributed by atoms with E-state index in [0.29, 0.717) is 12.1 Å². The van der Waals surface area contributed by atoms with Gasteiger partial charge in [-0.2, -0.15) is 5.10 Å². The average molecular weight is 292 g/mol. The van der Waals surface area contributed by atoms with E-state index in [2.05, 4.69) is 5.10 Å². The molecule has 0 spiro atoms. The van der Waals surface area contributed by atoms with Gasteiger partial charge in [0.2, 0.25) is 11.8 Å². The molecule has 5 heteroatoms. The van der Waals surface area contributed by atoms with Crippen molar-refractivity contribution < 1.29 is 13.6 Å². The van der Waals surface area contributed by atoms with Crippen molar-refractivity contribution in [1.29, 1.82) is 0 Å². The second kappa shape index (κ2) is 5.20. The number of carbonyl (C=O) groups excluding carboxylic acids is 1. The van der Waals surface area contributed by atoms with Gasteiger partial charge in [0.15, 0.2) is 0 Å². The van der Waals surface area contributed by atoms with E-state index >= 15 is 0 Å². The molecular formula is C16H18F2N2O. The average Bonchev–Trinajstić information content (AvgIpc) is 2.79. The van der Waals surface area contributed by atoms with Gasteiger partial charge < -0.3 is 0 Å². The standard InChI is InChI=1S/C16H18F2N2O/c1-11(7-12-5-3-2-4-6-12)20-15(21)8-14(19-20)13-9-16(17,18)10-13/h2-6,11,13H,7-10H2,1H3. The second-order valence-corrected chi connectivity index (χ2v) is 6.01. The van der Waals surface area contributed by atoms with Crippen molar-refractivity contribution in [3.05, 3.63) is 35.9 Å². The van der Waals surface area contributed by atoms with Gasteiger partial charge >= 0.3 is 0 Å². The Morgan fingerprint density at radius 1 is 1.33 bits per heavy atom. The molecule has 3 nitrogen and oxygen atoms in total. The summed E-state index contributed by atoms with van der Waals surface area (Å²) in [5, 5.41) is 5.79. The van der Waals surface area contributed by atoms with Crippen molar-refractivity contribution in [2.45, 2.75) is 44.6 Å². The fraction of sp³-hybridized carbons (Fsp3) is 0.500. The first-order chi connectivity index (χ1) is 9.94. The summed E-state index contributed by atoms with van der Waals surface area (Å²) in [5.41, 5.74) is 1.77. The minimum absolute atomic E-state index is 0.0574. The first-order valence-corrected chi connectivity index (χ1v) is 7.26. The molecular weight excluding hydrogens is 274 g/mol.